The highest BCUT2D eigenvalue weighted by Gasteiger charge is 2.07. The summed E-state index contributed by atoms with van der Waals surface area (Å²) in [7, 11) is 1.49. The van der Waals surface area contributed by atoms with Crippen LogP contribution in [-0.4, -0.2) is 23.2 Å². The Balaban J connectivity index is 2.43. The third-order valence-corrected chi connectivity index (χ3v) is 2.59. The number of methoxy groups -OCH3 is 1. The fraction of sp³-hybridized carbons (Fsp3) is 0.143. The third-order valence-electron chi connectivity index (χ3n) is 2.59. The SMILES string of the molecule is COc1cc(-c2cc(F)cc(CC(=O)O)c2)ccn1. The van der Waals surface area contributed by atoms with Gasteiger partial charge < -0.3 is 9.84 Å². The molecule has 5 heteroatoms. The molecule has 1 heterocycles. The number of aromatic nitrogens is 1. The van der Waals surface area contributed by atoms with E-state index in [0.717, 1.165) is 5.56 Å². The molecule has 1 aromatic carbocycles. The van der Waals surface area contributed by atoms with Crippen LogP contribution in [0.15, 0.2) is 36.5 Å². The van der Waals surface area contributed by atoms with Gasteiger partial charge in [0.05, 0.1) is 13.5 Å². The Morgan fingerprint density at radius 3 is 2.79 bits per heavy atom. The number of benzene rings is 1. The monoisotopic (exact) mass is 261 g/mol. The minimum absolute atomic E-state index is 0.215. The second kappa shape index (κ2) is 5.48. The molecule has 0 atom stereocenters. The molecule has 0 spiro atoms. The second-order valence-electron chi connectivity index (χ2n) is 4.01. The highest BCUT2D eigenvalue weighted by Crippen LogP contribution is 2.24. The first kappa shape index (κ1) is 13.0. The topological polar surface area (TPSA) is 59.4 Å². The molecular formula is C14H12FNO3. The number of aliphatic carboxylic acids is 1. The van der Waals surface area contributed by atoms with Crippen molar-refractivity contribution in [2.24, 2.45) is 0 Å². The van der Waals surface area contributed by atoms with E-state index in [0.29, 0.717) is 17.0 Å². The van der Waals surface area contributed by atoms with Crippen LogP contribution in [0.4, 0.5) is 4.39 Å². The molecule has 0 amide bonds. The van der Waals surface area contributed by atoms with Crippen molar-refractivity contribution in [2.75, 3.05) is 7.11 Å². The predicted molar refractivity (Wildman–Crippen MR) is 67.5 cm³/mol. The Labute approximate surface area is 109 Å². The normalized spacial score (nSPS) is 10.2. The van der Waals surface area contributed by atoms with Gasteiger partial charge in [-0.15, -0.1) is 0 Å². The van der Waals surface area contributed by atoms with E-state index in [9.17, 15) is 9.18 Å². The molecule has 0 radical (unpaired) electrons. The van der Waals surface area contributed by atoms with Gasteiger partial charge in [0.1, 0.15) is 5.82 Å². The van der Waals surface area contributed by atoms with Crippen molar-refractivity contribution in [2.45, 2.75) is 6.42 Å². The number of halogens is 1. The number of carboxylic acids is 1. The zero-order valence-electron chi connectivity index (χ0n) is 10.3. The van der Waals surface area contributed by atoms with Gasteiger partial charge in [-0.05, 0) is 34.9 Å². The number of pyridine rings is 1. The first-order valence-electron chi connectivity index (χ1n) is 5.60. The molecule has 0 bridgehead atoms. The highest BCUT2D eigenvalue weighted by atomic mass is 19.1. The van der Waals surface area contributed by atoms with E-state index in [-0.39, 0.29) is 6.42 Å². The van der Waals surface area contributed by atoms with E-state index in [2.05, 4.69) is 4.98 Å². The van der Waals surface area contributed by atoms with Crippen LogP contribution in [0.5, 0.6) is 5.88 Å². The lowest BCUT2D eigenvalue weighted by molar-refractivity contribution is -0.136. The Morgan fingerprint density at radius 2 is 2.11 bits per heavy atom. The highest BCUT2D eigenvalue weighted by molar-refractivity contribution is 5.72. The van der Waals surface area contributed by atoms with Gasteiger partial charge in [-0.25, -0.2) is 9.37 Å². The van der Waals surface area contributed by atoms with E-state index < -0.39 is 11.8 Å². The molecule has 0 unspecified atom stereocenters. The van der Waals surface area contributed by atoms with Crippen LogP contribution in [0.25, 0.3) is 11.1 Å². The average molecular weight is 261 g/mol. The summed E-state index contributed by atoms with van der Waals surface area (Å²) in [4.78, 5) is 14.6. The van der Waals surface area contributed by atoms with Crippen LogP contribution < -0.4 is 4.74 Å². The largest absolute Gasteiger partial charge is 0.481 e. The van der Waals surface area contributed by atoms with Crippen molar-refractivity contribution in [3.05, 3.63) is 47.9 Å². The quantitative estimate of drug-likeness (QED) is 0.918. The minimum atomic E-state index is -0.996. The molecule has 0 aliphatic heterocycles. The first-order chi connectivity index (χ1) is 9.08. The van der Waals surface area contributed by atoms with Crippen molar-refractivity contribution in [3.63, 3.8) is 0 Å². The summed E-state index contributed by atoms with van der Waals surface area (Å²) in [5.41, 5.74) is 1.73. The molecule has 2 aromatic rings. The number of ether oxygens (including phenoxy) is 1. The molecule has 1 aromatic heterocycles. The van der Waals surface area contributed by atoms with Crippen LogP contribution in [0.2, 0.25) is 0 Å². The molecule has 0 saturated carbocycles. The summed E-state index contributed by atoms with van der Waals surface area (Å²) in [6.07, 6.45) is 1.34. The van der Waals surface area contributed by atoms with E-state index in [1.165, 1.54) is 19.2 Å². The summed E-state index contributed by atoms with van der Waals surface area (Å²) < 4.78 is 18.5. The third kappa shape index (κ3) is 3.28. The number of nitrogens with zero attached hydrogens (tertiary/aromatic N) is 1. The number of hydrogen-bond acceptors (Lipinski definition) is 3. The molecule has 0 aliphatic rings. The van der Waals surface area contributed by atoms with Crippen molar-refractivity contribution >= 4 is 5.97 Å². The number of carbonyl (C=O) groups is 1. The summed E-state index contributed by atoms with van der Waals surface area (Å²) >= 11 is 0. The van der Waals surface area contributed by atoms with Crippen molar-refractivity contribution < 1.29 is 19.0 Å². The fourth-order valence-electron chi connectivity index (χ4n) is 1.79. The van der Waals surface area contributed by atoms with Crippen LogP contribution in [0.1, 0.15) is 5.56 Å². The molecule has 0 aliphatic carbocycles. The molecular weight excluding hydrogens is 249 g/mol. The van der Waals surface area contributed by atoms with E-state index in [1.54, 1.807) is 24.4 Å². The van der Waals surface area contributed by atoms with Crippen molar-refractivity contribution in [1.82, 2.24) is 4.98 Å². The van der Waals surface area contributed by atoms with Gasteiger partial charge in [-0.3, -0.25) is 4.79 Å². The Hall–Kier alpha value is -2.43. The number of hydrogen-bond donors (Lipinski definition) is 1. The fourth-order valence-corrected chi connectivity index (χ4v) is 1.79. The molecule has 0 fully saturated rings. The van der Waals surface area contributed by atoms with Gasteiger partial charge >= 0.3 is 5.97 Å². The van der Waals surface area contributed by atoms with Gasteiger partial charge in [0.2, 0.25) is 5.88 Å². The maximum Gasteiger partial charge on any atom is 0.307 e. The summed E-state index contributed by atoms with van der Waals surface area (Å²) in [6, 6.07) is 7.59. The smallest absolute Gasteiger partial charge is 0.307 e. The van der Waals surface area contributed by atoms with Crippen molar-refractivity contribution in [3.8, 4) is 17.0 Å². The maximum absolute atomic E-state index is 13.5. The molecule has 4 nitrogen and oxygen atoms in total. The van der Waals surface area contributed by atoms with Gasteiger partial charge in [0, 0.05) is 12.3 Å². The average Bonchev–Trinajstić information content (AvgIpc) is 2.37. The molecule has 19 heavy (non-hydrogen) atoms. The Bertz CT molecular complexity index is 613. The van der Waals surface area contributed by atoms with Crippen molar-refractivity contribution in [1.29, 1.82) is 0 Å². The van der Waals surface area contributed by atoms with E-state index in [1.807, 2.05) is 0 Å². The number of carboxylic acid groups (broad SMARTS) is 1. The Kier molecular flexibility index (Phi) is 3.75. The van der Waals surface area contributed by atoms with Gasteiger partial charge in [0.15, 0.2) is 0 Å². The lowest BCUT2D eigenvalue weighted by Gasteiger charge is -2.06. The summed E-state index contributed by atoms with van der Waals surface area (Å²) in [6.45, 7) is 0. The van der Waals surface area contributed by atoms with Gasteiger partial charge in [-0.1, -0.05) is 6.07 Å². The lowest BCUT2D eigenvalue weighted by atomic mass is 10.0. The molecule has 98 valence electrons. The predicted octanol–water partition coefficient (Wildman–Crippen LogP) is 2.52. The summed E-state index contributed by atoms with van der Waals surface area (Å²) in [5, 5.41) is 8.75. The van der Waals surface area contributed by atoms with E-state index >= 15 is 0 Å². The second-order valence-corrected chi connectivity index (χ2v) is 4.01. The molecule has 2 rings (SSSR count). The number of rotatable bonds is 4. The van der Waals surface area contributed by atoms with Crippen LogP contribution in [0, 0.1) is 5.82 Å². The lowest BCUT2D eigenvalue weighted by Crippen LogP contribution is -2.00. The zero-order chi connectivity index (χ0) is 13.8. The van der Waals surface area contributed by atoms with Crippen LogP contribution in [-0.2, 0) is 11.2 Å². The Morgan fingerprint density at radius 1 is 1.32 bits per heavy atom. The summed E-state index contributed by atoms with van der Waals surface area (Å²) in [5.74, 6) is -1.05. The first-order valence-corrected chi connectivity index (χ1v) is 5.60. The van der Waals surface area contributed by atoms with Crippen LogP contribution >= 0.6 is 0 Å². The van der Waals surface area contributed by atoms with E-state index in [4.69, 9.17) is 9.84 Å². The standard InChI is InChI=1S/C14H12FNO3/c1-19-13-8-10(2-3-16-13)11-4-9(6-14(17)18)5-12(15)7-11/h2-5,7-8H,6H2,1H3,(H,17,18). The minimum Gasteiger partial charge on any atom is -0.481 e. The molecule has 0 saturated heterocycles. The maximum atomic E-state index is 13.5. The zero-order valence-corrected chi connectivity index (χ0v) is 10.3. The molecule has 1 N–H and O–H groups in total. The van der Waals surface area contributed by atoms with Gasteiger partial charge in [-0.2, -0.15) is 0 Å². The van der Waals surface area contributed by atoms with Gasteiger partial charge in [0.25, 0.3) is 0 Å². The van der Waals surface area contributed by atoms with Crippen LogP contribution in [0.3, 0.4) is 0 Å².